The second-order valence-electron chi connectivity index (χ2n) is 6.20. The summed E-state index contributed by atoms with van der Waals surface area (Å²) in [5, 5.41) is 25.6. The maximum absolute atomic E-state index is 10.9. The first-order valence-electron chi connectivity index (χ1n) is 8.58. The molecule has 1 aliphatic rings. The molecule has 138 valence electrons. The number of aryl methyl sites for hydroxylation is 1. The van der Waals surface area contributed by atoms with Gasteiger partial charge < -0.3 is 20.4 Å². The van der Waals surface area contributed by atoms with Gasteiger partial charge in [-0.15, -0.1) is 0 Å². The average molecular weight is 356 g/mol. The van der Waals surface area contributed by atoms with Crippen molar-refractivity contribution in [2.45, 2.75) is 38.9 Å². The molecule has 1 atom stereocenters. The van der Waals surface area contributed by atoms with Gasteiger partial charge in [0.25, 0.3) is 0 Å². The Labute approximate surface area is 153 Å². The van der Waals surface area contributed by atoms with Crippen molar-refractivity contribution in [3.8, 4) is 0 Å². The van der Waals surface area contributed by atoms with Gasteiger partial charge in [-0.2, -0.15) is 0 Å². The van der Waals surface area contributed by atoms with E-state index < -0.39 is 12.3 Å². The number of benzene rings is 1. The monoisotopic (exact) mass is 356 g/mol. The molecule has 1 saturated heterocycles. The van der Waals surface area contributed by atoms with E-state index in [1.54, 1.807) is 0 Å². The Morgan fingerprint density at radius 2 is 2.00 bits per heavy atom. The Kier molecular flexibility index (Phi) is 7.44. The van der Waals surface area contributed by atoms with E-state index in [2.05, 4.69) is 4.98 Å². The zero-order chi connectivity index (χ0) is 18.9. The minimum Gasteiger partial charge on any atom is -0.478 e. The highest BCUT2D eigenvalue weighted by molar-refractivity contribution is 5.99. The quantitative estimate of drug-likeness (QED) is 0.730. The first-order chi connectivity index (χ1) is 12.5. The molecule has 0 spiro atoms. The summed E-state index contributed by atoms with van der Waals surface area (Å²) >= 11 is 0. The van der Waals surface area contributed by atoms with Crippen molar-refractivity contribution in [3.63, 3.8) is 0 Å². The molecule has 1 fully saturated rings. The lowest BCUT2D eigenvalue weighted by molar-refractivity contribution is -0.123. The van der Waals surface area contributed by atoms with Gasteiger partial charge in [-0.25, -0.2) is 4.79 Å². The first kappa shape index (κ1) is 19.8. The summed E-state index contributed by atoms with van der Waals surface area (Å²) in [7, 11) is 0. The number of ether oxygens (including phenoxy) is 1. The molecule has 1 aromatic carbocycles. The topological polar surface area (TPSA) is 104 Å². The molecule has 0 aliphatic carbocycles. The van der Waals surface area contributed by atoms with Crippen LogP contribution in [0.15, 0.2) is 42.6 Å². The Balaban J connectivity index is 0.000000290. The standard InChI is InChI=1S/C15H14N2O2.C5H10O2/c1-10-2-4-11(5-3-10)8-13(16)14-9-12(15(18)19)6-7-17-14;6-5-3-1-2-4-7-5/h2-7,9,16H,8H2,1H3,(H,18,19);5-6H,1-4H2. The number of hydrogen-bond donors (Lipinski definition) is 3. The van der Waals surface area contributed by atoms with E-state index >= 15 is 0 Å². The molecule has 3 N–H and O–H groups in total. The second kappa shape index (κ2) is 9.79. The summed E-state index contributed by atoms with van der Waals surface area (Å²) in [6.45, 7) is 2.74. The van der Waals surface area contributed by atoms with Crippen molar-refractivity contribution >= 4 is 11.7 Å². The third kappa shape index (κ3) is 6.38. The fraction of sp³-hybridized carbons (Fsp3) is 0.350. The molecule has 26 heavy (non-hydrogen) atoms. The van der Waals surface area contributed by atoms with E-state index in [0.717, 1.165) is 31.4 Å². The molecule has 0 saturated carbocycles. The van der Waals surface area contributed by atoms with Gasteiger partial charge in [-0.05, 0) is 43.9 Å². The highest BCUT2D eigenvalue weighted by atomic mass is 16.6. The Hall–Kier alpha value is -2.57. The predicted molar refractivity (Wildman–Crippen MR) is 98.7 cm³/mol. The zero-order valence-corrected chi connectivity index (χ0v) is 14.8. The number of aromatic carboxylic acids is 1. The van der Waals surface area contributed by atoms with E-state index in [4.69, 9.17) is 20.4 Å². The van der Waals surface area contributed by atoms with E-state index in [0.29, 0.717) is 17.8 Å². The molecule has 1 unspecified atom stereocenters. The van der Waals surface area contributed by atoms with Crippen molar-refractivity contribution in [2.75, 3.05) is 6.61 Å². The first-order valence-corrected chi connectivity index (χ1v) is 8.58. The summed E-state index contributed by atoms with van der Waals surface area (Å²) in [4.78, 5) is 14.9. The van der Waals surface area contributed by atoms with Crippen LogP contribution < -0.4 is 0 Å². The SMILES string of the molecule is Cc1ccc(CC(=N)c2cc(C(=O)O)ccn2)cc1.OC1CCCCO1. The van der Waals surface area contributed by atoms with Gasteiger partial charge >= 0.3 is 5.97 Å². The average Bonchev–Trinajstić information content (AvgIpc) is 2.65. The van der Waals surface area contributed by atoms with E-state index in [1.165, 1.54) is 23.9 Å². The van der Waals surface area contributed by atoms with Crippen LogP contribution in [-0.4, -0.2) is 39.8 Å². The van der Waals surface area contributed by atoms with Gasteiger partial charge in [-0.1, -0.05) is 29.8 Å². The molecule has 0 bridgehead atoms. The number of pyridine rings is 1. The van der Waals surface area contributed by atoms with Crippen LogP contribution in [0.5, 0.6) is 0 Å². The molecule has 0 radical (unpaired) electrons. The number of aliphatic hydroxyl groups is 1. The number of carboxylic acid groups (broad SMARTS) is 1. The van der Waals surface area contributed by atoms with Crippen LogP contribution in [-0.2, 0) is 11.2 Å². The second-order valence-corrected chi connectivity index (χ2v) is 6.20. The number of nitrogens with zero attached hydrogens (tertiary/aromatic N) is 1. The smallest absolute Gasteiger partial charge is 0.335 e. The number of hydrogen-bond acceptors (Lipinski definition) is 5. The molecule has 0 amide bonds. The van der Waals surface area contributed by atoms with Gasteiger partial charge in [0.1, 0.15) is 0 Å². The van der Waals surface area contributed by atoms with Crippen molar-refractivity contribution in [1.82, 2.24) is 4.98 Å². The minimum atomic E-state index is -1.01. The minimum absolute atomic E-state index is 0.152. The molecule has 6 nitrogen and oxygen atoms in total. The lowest BCUT2D eigenvalue weighted by Crippen LogP contribution is -2.17. The van der Waals surface area contributed by atoms with Crippen LogP contribution in [0.2, 0.25) is 0 Å². The zero-order valence-electron chi connectivity index (χ0n) is 14.8. The fourth-order valence-electron chi connectivity index (χ4n) is 2.45. The van der Waals surface area contributed by atoms with Gasteiger partial charge in [0.2, 0.25) is 0 Å². The van der Waals surface area contributed by atoms with Crippen molar-refractivity contribution in [3.05, 3.63) is 65.0 Å². The number of rotatable bonds is 4. The number of carboxylic acids is 1. The molecular weight excluding hydrogens is 332 g/mol. The van der Waals surface area contributed by atoms with Crippen LogP contribution >= 0.6 is 0 Å². The summed E-state index contributed by atoms with van der Waals surface area (Å²) in [6, 6.07) is 10.8. The van der Waals surface area contributed by atoms with Crippen molar-refractivity contribution < 1.29 is 19.7 Å². The molecule has 6 heteroatoms. The van der Waals surface area contributed by atoms with Crippen LogP contribution in [0.1, 0.15) is 46.4 Å². The van der Waals surface area contributed by atoms with Crippen LogP contribution in [0, 0.1) is 12.3 Å². The van der Waals surface area contributed by atoms with Gasteiger partial charge in [-0.3, -0.25) is 4.98 Å². The molecular formula is C20H24N2O4. The maximum atomic E-state index is 10.9. The van der Waals surface area contributed by atoms with E-state index in [1.807, 2.05) is 31.2 Å². The number of carbonyl (C=O) groups is 1. The Morgan fingerprint density at radius 3 is 2.54 bits per heavy atom. The largest absolute Gasteiger partial charge is 0.478 e. The number of nitrogens with one attached hydrogen (secondary N) is 1. The third-order valence-electron chi connectivity index (χ3n) is 3.97. The summed E-state index contributed by atoms with van der Waals surface area (Å²) < 4.78 is 4.83. The summed E-state index contributed by atoms with van der Waals surface area (Å²) in [6.07, 6.45) is 4.44. The van der Waals surface area contributed by atoms with E-state index in [9.17, 15) is 4.79 Å². The third-order valence-corrected chi connectivity index (χ3v) is 3.97. The van der Waals surface area contributed by atoms with Crippen LogP contribution in [0.25, 0.3) is 0 Å². The number of aromatic nitrogens is 1. The molecule has 1 aromatic heterocycles. The Bertz CT molecular complexity index is 738. The van der Waals surface area contributed by atoms with Gasteiger partial charge in [0.05, 0.1) is 17.0 Å². The van der Waals surface area contributed by atoms with Gasteiger partial charge in [0, 0.05) is 19.2 Å². The Morgan fingerprint density at radius 1 is 1.27 bits per heavy atom. The van der Waals surface area contributed by atoms with Crippen molar-refractivity contribution in [2.24, 2.45) is 0 Å². The molecule has 2 heterocycles. The normalized spacial score (nSPS) is 16.3. The lowest BCUT2D eigenvalue weighted by Gasteiger charge is -2.16. The molecule has 1 aliphatic heterocycles. The van der Waals surface area contributed by atoms with E-state index in [-0.39, 0.29) is 5.56 Å². The van der Waals surface area contributed by atoms with Gasteiger partial charge in [0.15, 0.2) is 6.29 Å². The summed E-state index contributed by atoms with van der Waals surface area (Å²) in [5.74, 6) is -1.01. The fourth-order valence-corrected chi connectivity index (χ4v) is 2.45. The molecule has 2 aromatic rings. The summed E-state index contributed by atoms with van der Waals surface area (Å²) in [5.41, 5.74) is 3.05. The number of aliphatic hydroxyl groups excluding tert-OH is 1. The lowest BCUT2D eigenvalue weighted by atomic mass is 10.0. The van der Waals surface area contributed by atoms with Crippen LogP contribution in [0.4, 0.5) is 0 Å². The van der Waals surface area contributed by atoms with Crippen molar-refractivity contribution in [1.29, 1.82) is 5.41 Å². The van der Waals surface area contributed by atoms with Crippen LogP contribution in [0.3, 0.4) is 0 Å². The maximum Gasteiger partial charge on any atom is 0.335 e. The molecule has 3 rings (SSSR count). The highest BCUT2D eigenvalue weighted by Crippen LogP contribution is 2.10. The predicted octanol–water partition coefficient (Wildman–Crippen LogP) is 3.20. The highest BCUT2D eigenvalue weighted by Gasteiger charge is 2.09.